The van der Waals surface area contributed by atoms with E-state index in [4.69, 9.17) is 25.0 Å². The highest BCUT2D eigenvalue weighted by Gasteiger charge is 2.19. The molecule has 9 rings (SSSR count). The molecule has 0 unspecified atom stereocenters. The van der Waals surface area contributed by atoms with Crippen LogP contribution < -0.4 is 0 Å². The van der Waals surface area contributed by atoms with Crippen LogP contribution in [0.1, 0.15) is 28.8 Å². The Morgan fingerprint density at radius 2 is 0.951 bits per heavy atom. The maximum Gasteiger partial charge on any atom is 0.135 e. The normalized spacial score (nSPS) is 19.1. The number of furan rings is 1. The fraction of sp³-hybridized carbons (Fsp3) is 0. The van der Waals surface area contributed by atoms with Gasteiger partial charge in [0.15, 0.2) is 0 Å². The average molecular weight is 542 g/mol. The third-order valence-corrected chi connectivity index (χ3v) is 7.15. The van der Waals surface area contributed by atoms with Gasteiger partial charge in [0, 0.05) is 10.8 Å². The van der Waals surface area contributed by atoms with Crippen LogP contribution in [0.5, 0.6) is 0 Å². The molecule has 9 aromatic rings. The van der Waals surface area contributed by atoms with Gasteiger partial charge in [-0.05, 0) is 89.6 Å². The first-order chi connectivity index (χ1) is 29.1. The Balaban J connectivity index is 1.65. The lowest BCUT2D eigenvalue weighted by Gasteiger charge is -2.19. The van der Waals surface area contributed by atoms with Gasteiger partial charge >= 0.3 is 0 Å². The van der Waals surface area contributed by atoms with E-state index in [0.29, 0.717) is 0 Å². The van der Waals surface area contributed by atoms with E-state index in [1.54, 1.807) is 0 Å². The number of hydrogen-bond acceptors (Lipinski definition) is 1. The molecule has 8 aromatic carbocycles. The van der Waals surface area contributed by atoms with Crippen molar-refractivity contribution in [3.63, 3.8) is 0 Å². The van der Waals surface area contributed by atoms with Crippen LogP contribution >= 0.6 is 0 Å². The van der Waals surface area contributed by atoms with E-state index in [0.717, 1.165) is 0 Å². The first-order valence-electron chi connectivity index (χ1n) is 22.9. The van der Waals surface area contributed by atoms with Gasteiger partial charge in [-0.3, -0.25) is 0 Å². The highest BCUT2D eigenvalue weighted by molar-refractivity contribution is 6.26. The standard InChI is InChI=1S/C40H24O/c1-2-12-27-25(11-1)23-36(29-14-4-3-13-28(27)29)40-33-18-7-5-16-31(33)39(32-17-6-8-19-34(32)40)26-21-22-38-35(24-26)30-15-9-10-20-37(30)41-38/h1-24H/i1D,2D,3D,4D,5D,6D,7D,8D,9D,10D,11D,12D,13D,14D,15D,16D,17D,18D,19D,20D,23D. The second kappa shape index (κ2) is 8.55. The van der Waals surface area contributed by atoms with Crippen molar-refractivity contribution in [1.29, 1.82) is 0 Å². The molecular formula is C40H24O. The smallest absolute Gasteiger partial charge is 0.135 e. The van der Waals surface area contributed by atoms with E-state index in [1.807, 2.05) is 0 Å². The van der Waals surface area contributed by atoms with Crippen LogP contribution in [0.15, 0.2) is 150 Å². The molecule has 1 aromatic heterocycles. The Labute approximate surface area is 266 Å². The number of rotatable bonds is 2. The molecule has 190 valence electrons. The third kappa shape index (κ3) is 3.24. The molecule has 0 N–H and O–H groups in total. The summed E-state index contributed by atoms with van der Waals surface area (Å²) in [4.78, 5) is 0. The van der Waals surface area contributed by atoms with Crippen LogP contribution in [0.3, 0.4) is 0 Å². The summed E-state index contributed by atoms with van der Waals surface area (Å²) in [6, 6.07) is -11.3. The van der Waals surface area contributed by atoms with E-state index in [-0.39, 0.29) is 43.8 Å². The largest absolute Gasteiger partial charge is 0.456 e. The SMILES string of the molecule is [2H]c1c([2H])c([2H])c2c(oc3ccc(-c4c5c([2H])c([2H])c([2H])c([2H])c5c(-c5c([2H])c6c([2H])c([2H])c([2H])c([2H])c6c6c([2H])c([2H])c([2H])c([2H])c56)c5c([2H])c([2H])c([2H])c([2H])c45)cc32)c1[2H]. The van der Waals surface area contributed by atoms with Crippen LogP contribution in [0.4, 0.5) is 0 Å². The number of benzene rings is 8. The zero-order chi connectivity index (χ0) is 45.2. The van der Waals surface area contributed by atoms with Crippen molar-refractivity contribution in [3.8, 4) is 22.3 Å². The van der Waals surface area contributed by atoms with Gasteiger partial charge in [0.1, 0.15) is 11.2 Å². The highest BCUT2D eigenvalue weighted by Crippen LogP contribution is 2.47. The van der Waals surface area contributed by atoms with Crippen LogP contribution in [0.25, 0.3) is 87.3 Å². The average Bonchev–Trinajstić information content (AvgIpc) is 3.64. The van der Waals surface area contributed by atoms with Crippen LogP contribution in [-0.2, 0) is 0 Å². The predicted octanol–water partition coefficient (Wildman–Crippen LogP) is 11.5. The number of hydrogen-bond donors (Lipinski definition) is 0. The molecule has 41 heavy (non-hydrogen) atoms. The Kier molecular flexibility index (Phi) is 2.13. The predicted molar refractivity (Wildman–Crippen MR) is 175 cm³/mol. The van der Waals surface area contributed by atoms with Crippen molar-refractivity contribution in [2.24, 2.45) is 0 Å². The van der Waals surface area contributed by atoms with Gasteiger partial charge in [0.25, 0.3) is 0 Å². The van der Waals surface area contributed by atoms with Crippen LogP contribution in [0.2, 0.25) is 0 Å². The molecule has 0 aliphatic rings. The maximum absolute atomic E-state index is 9.73. The lowest BCUT2D eigenvalue weighted by atomic mass is 9.83. The summed E-state index contributed by atoms with van der Waals surface area (Å²) in [6.45, 7) is 0. The fourth-order valence-electron chi connectivity index (χ4n) is 5.47. The molecule has 0 amide bonds. The molecule has 1 heteroatoms. The van der Waals surface area contributed by atoms with Crippen molar-refractivity contribution >= 4 is 65.0 Å². The Morgan fingerprint density at radius 3 is 1.66 bits per heavy atom. The van der Waals surface area contributed by atoms with Gasteiger partial charge in [-0.15, -0.1) is 0 Å². The van der Waals surface area contributed by atoms with Gasteiger partial charge in [-0.25, -0.2) is 0 Å². The van der Waals surface area contributed by atoms with Gasteiger partial charge in [0.05, 0.1) is 28.8 Å². The second-order valence-corrected chi connectivity index (χ2v) is 9.27. The first-order valence-corrected chi connectivity index (χ1v) is 12.4. The van der Waals surface area contributed by atoms with Crippen molar-refractivity contribution in [2.45, 2.75) is 0 Å². The molecule has 0 fully saturated rings. The zero-order valence-corrected chi connectivity index (χ0v) is 20.6. The molecule has 1 nitrogen and oxygen atoms in total. The molecule has 0 saturated heterocycles. The summed E-state index contributed by atoms with van der Waals surface area (Å²) in [7, 11) is 0. The van der Waals surface area contributed by atoms with E-state index in [1.165, 1.54) is 18.2 Å². The van der Waals surface area contributed by atoms with Gasteiger partial charge < -0.3 is 4.42 Å². The summed E-state index contributed by atoms with van der Waals surface area (Å²) < 4.78 is 192. The number of fused-ring (bicyclic) bond motifs is 8. The van der Waals surface area contributed by atoms with E-state index in [2.05, 4.69) is 0 Å². The molecule has 0 spiro atoms. The van der Waals surface area contributed by atoms with E-state index < -0.39 is 170 Å². The third-order valence-electron chi connectivity index (χ3n) is 7.15. The monoisotopic (exact) mass is 541 g/mol. The summed E-state index contributed by atoms with van der Waals surface area (Å²) >= 11 is 0. The summed E-state index contributed by atoms with van der Waals surface area (Å²) in [6.07, 6.45) is 0. The van der Waals surface area contributed by atoms with Crippen LogP contribution in [0, 0.1) is 0 Å². The molecule has 0 aliphatic carbocycles. The van der Waals surface area contributed by atoms with Gasteiger partial charge in [-0.1, -0.05) is 121 Å². The van der Waals surface area contributed by atoms with Crippen molar-refractivity contribution in [1.82, 2.24) is 0 Å². The van der Waals surface area contributed by atoms with Gasteiger partial charge in [-0.2, -0.15) is 0 Å². The van der Waals surface area contributed by atoms with E-state index >= 15 is 0 Å². The van der Waals surface area contributed by atoms with Crippen molar-refractivity contribution < 1.29 is 33.2 Å². The molecule has 0 aliphatic heterocycles. The Bertz CT molecular complexity index is 3570. The molecule has 0 bridgehead atoms. The Hall–Kier alpha value is -5.40. The lowest BCUT2D eigenvalue weighted by molar-refractivity contribution is 0.669. The van der Waals surface area contributed by atoms with Crippen molar-refractivity contribution in [2.75, 3.05) is 0 Å². The second-order valence-electron chi connectivity index (χ2n) is 9.27. The fourth-order valence-corrected chi connectivity index (χ4v) is 5.47. The number of para-hydroxylation sites is 1. The molecule has 1 heterocycles. The zero-order valence-electron chi connectivity index (χ0n) is 41.6. The maximum atomic E-state index is 9.73. The van der Waals surface area contributed by atoms with E-state index in [9.17, 15) is 8.22 Å². The molecule has 0 saturated carbocycles. The first kappa shape index (κ1) is 10.2. The van der Waals surface area contributed by atoms with Crippen molar-refractivity contribution in [3.05, 3.63) is 145 Å². The summed E-state index contributed by atoms with van der Waals surface area (Å²) in [5.74, 6) is 0. The lowest BCUT2D eigenvalue weighted by Crippen LogP contribution is -1.92. The summed E-state index contributed by atoms with van der Waals surface area (Å²) in [5, 5.41) is -3.57. The molecular weight excluding hydrogens is 496 g/mol. The van der Waals surface area contributed by atoms with Gasteiger partial charge in [0.2, 0.25) is 0 Å². The molecule has 0 atom stereocenters. The quantitative estimate of drug-likeness (QED) is 0.157. The minimum atomic E-state index is -0.837. The Morgan fingerprint density at radius 1 is 0.415 bits per heavy atom. The molecule has 0 radical (unpaired) electrons. The highest BCUT2D eigenvalue weighted by atomic mass is 16.3. The minimum Gasteiger partial charge on any atom is -0.456 e. The topological polar surface area (TPSA) is 13.1 Å². The minimum absolute atomic E-state index is 0.0368. The summed E-state index contributed by atoms with van der Waals surface area (Å²) in [5.41, 5.74) is -1.33. The van der Waals surface area contributed by atoms with Crippen LogP contribution in [-0.4, -0.2) is 0 Å².